The summed E-state index contributed by atoms with van der Waals surface area (Å²) in [4.78, 5) is 30.5. The lowest BCUT2D eigenvalue weighted by molar-refractivity contribution is 0.0950. The second-order valence-corrected chi connectivity index (χ2v) is 9.55. The molecule has 162 valence electrons. The van der Waals surface area contributed by atoms with Crippen LogP contribution in [0.25, 0.3) is 0 Å². The molecule has 30 heavy (non-hydrogen) atoms. The Labute approximate surface area is 182 Å². The molecule has 0 saturated carbocycles. The molecule has 2 aromatic rings. The summed E-state index contributed by atoms with van der Waals surface area (Å²) in [6.45, 7) is 9.38. The monoisotopic (exact) mass is 428 g/mol. The summed E-state index contributed by atoms with van der Waals surface area (Å²) in [5.41, 5.74) is 4.02. The number of anilines is 1. The number of amides is 1. The predicted molar refractivity (Wildman–Crippen MR) is 123 cm³/mol. The standard InChI is InChI=1S/C23H32N4O2S/c1-14-11-15(2)26-22(29)18(14)12-25-21(28)19-13-30-23(16(19)3)27-10-4-5-20(27)17-6-8-24-9-7-17/h11,13,17,20,24H,4-10,12H2,1-3H3,(H,25,28)(H,26,29). The third kappa shape index (κ3) is 4.18. The highest BCUT2D eigenvalue weighted by atomic mass is 32.1. The number of carbonyl (C=O) groups excluding carboxylic acids is 1. The van der Waals surface area contributed by atoms with Crippen LogP contribution < -0.4 is 21.1 Å². The summed E-state index contributed by atoms with van der Waals surface area (Å²) in [5, 5.41) is 9.64. The van der Waals surface area contributed by atoms with E-state index in [9.17, 15) is 9.59 Å². The van der Waals surface area contributed by atoms with Crippen LogP contribution in [-0.2, 0) is 6.54 Å². The Morgan fingerprint density at radius 2 is 2.00 bits per heavy atom. The number of aromatic amines is 1. The minimum atomic E-state index is -0.127. The lowest BCUT2D eigenvalue weighted by atomic mass is 9.89. The van der Waals surface area contributed by atoms with E-state index in [-0.39, 0.29) is 18.0 Å². The normalized spacial score (nSPS) is 20.0. The zero-order chi connectivity index (χ0) is 21.3. The van der Waals surface area contributed by atoms with E-state index >= 15 is 0 Å². The molecule has 0 radical (unpaired) electrons. The molecule has 2 saturated heterocycles. The third-order valence-corrected chi connectivity index (χ3v) is 7.78. The van der Waals surface area contributed by atoms with Gasteiger partial charge in [-0.1, -0.05) is 0 Å². The molecule has 1 atom stereocenters. The number of rotatable bonds is 5. The van der Waals surface area contributed by atoms with Crippen LogP contribution in [0.1, 0.15) is 58.4 Å². The molecule has 0 aromatic carbocycles. The zero-order valence-corrected chi connectivity index (χ0v) is 19.0. The highest BCUT2D eigenvalue weighted by Crippen LogP contribution is 2.39. The van der Waals surface area contributed by atoms with Crippen LogP contribution in [0.3, 0.4) is 0 Å². The maximum atomic E-state index is 12.9. The lowest BCUT2D eigenvalue weighted by Crippen LogP contribution is -2.41. The Bertz CT molecular complexity index is 974. The molecule has 2 fully saturated rings. The minimum absolute atomic E-state index is 0.105. The van der Waals surface area contributed by atoms with Crippen molar-refractivity contribution in [3.05, 3.63) is 49.7 Å². The Morgan fingerprint density at radius 3 is 2.73 bits per heavy atom. The van der Waals surface area contributed by atoms with E-state index in [4.69, 9.17) is 0 Å². The third-order valence-electron chi connectivity index (χ3n) is 6.67. The number of H-pyrrole nitrogens is 1. The van der Waals surface area contributed by atoms with Crippen LogP contribution >= 0.6 is 11.3 Å². The van der Waals surface area contributed by atoms with Gasteiger partial charge in [0.1, 0.15) is 0 Å². The number of hydrogen-bond acceptors (Lipinski definition) is 5. The van der Waals surface area contributed by atoms with Gasteiger partial charge < -0.3 is 20.5 Å². The second-order valence-electron chi connectivity index (χ2n) is 8.70. The van der Waals surface area contributed by atoms with Crippen LogP contribution in [0.4, 0.5) is 5.00 Å². The van der Waals surface area contributed by atoms with Gasteiger partial charge in [0.15, 0.2) is 0 Å². The largest absolute Gasteiger partial charge is 0.360 e. The van der Waals surface area contributed by atoms with Crippen molar-refractivity contribution < 1.29 is 4.79 Å². The molecule has 0 spiro atoms. The molecule has 4 rings (SSSR count). The fourth-order valence-corrected chi connectivity index (χ4v) is 6.20. The number of carbonyl (C=O) groups is 1. The average molecular weight is 429 g/mol. The minimum Gasteiger partial charge on any atom is -0.360 e. The van der Waals surface area contributed by atoms with Crippen molar-refractivity contribution in [3.8, 4) is 0 Å². The van der Waals surface area contributed by atoms with Crippen molar-refractivity contribution in [3.63, 3.8) is 0 Å². The van der Waals surface area contributed by atoms with E-state index in [0.29, 0.717) is 11.6 Å². The first kappa shape index (κ1) is 21.1. The summed E-state index contributed by atoms with van der Waals surface area (Å²) >= 11 is 1.68. The first-order valence-electron chi connectivity index (χ1n) is 11.0. The van der Waals surface area contributed by atoms with E-state index < -0.39 is 0 Å². The van der Waals surface area contributed by atoms with Gasteiger partial charge >= 0.3 is 0 Å². The fourth-order valence-electron chi connectivity index (χ4n) is 5.04. The number of nitrogens with one attached hydrogen (secondary N) is 3. The van der Waals surface area contributed by atoms with E-state index in [0.717, 1.165) is 47.9 Å². The quantitative estimate of drug-likeness (QED) is 0.683. The SMILES string of the molecule is Cc1cc(C)c(CNC(=O)c2csc(N3CCCC3C3CCNCC3)c2C)c(=O)[nH]1. The Hall–Kier alpha value is -2.12. The van der Waals surface area contributed by atoms with Crippen LogP contribution in [0, 0.1) is 26.7 Å². The van der Waals surface area contributed by atoms with Gasteiger partial charge in [0, 0.05) is 35.8 Å². The summed E-state index contributed by atoms with van der Waals surface area (Å²) in [7, 11) is 0. The van der Waals surface area contributed by atoms with Gasteiger partial charge in [-0.2, -0.15) is 0 Å². The van der Waals surface area contributed by atoms with Crippen molar-refractivity contribution in [1.29, 1.82) is 0 Å². The molecular weight excluding hydrogens is 396 g/mol. The summed E-state index contributed by atoms with van der Waals surface area (Å²) < 4.78 is 0. The summed E-state index contributed by atoms with van der Waals surface area (Å²) in [6.07, 6.45) is 4.95. The van der Waals surface area contributed by atoms with Crippen LogP contribution in [0.5, 0.6) is 0 Å². The lowest BCUT2D eigenvalue weighted by Gasteiger charge is -2.35. The van der Waals surface area contributed by atoms with Crippen molar-refractivity contribution in [2.24, 2.45) is 5.92 Å². The molecule has 0 bridgehead atoms. The maximum absolute atomic E-state index is 12.9. The number of thiophene rings is 1. The number of aromatic nitrogens is 1. The predicted octanol–water partition coefficient (Wildman–Crippen LogP) is 3.26. The summed E-state index contributed by atoms with van der Waals surface area (Å²) in [6, 6.07) is 2.53. The van der Waals surface area contributed by atoms with Crippen molar-refractivity contribution in [2.75, 3.05) is 24.5 Å². The van der Waals surface area contributed by atoms with Crippen LogP contribution in [0.15, 0.2) is 16.2 Å². The number of nitrogens with zero attached hydrogens (tertiary/aromatic N) is 1. The van der Waals surface area contributed by atoms with Gasteiger partial charge in [0.25, 0.3) is 11.5 Å². The van der Waals surface area contributed by atoms with Crippen molar-refractivity contribution in [2.45, 2.75) is 59.0 Å². The number of piperidine rings is 1. The molecular formula is C23H32N4O2S. The maximum Gasteiger partial charge on any atom is 0.253 e. The molecule has 4 heterocycles. The molecule has 0 aliphatic carbocycles. The van der Waals surface area contributed by atoms with Gasteiger partial charge in [-0.25, -0.2) is 0 Å². The zero-order valence-electron chi connectivity index (χ0n) is 18.1. The topological polar surface area (TPSA) is 77.2 Å². The fraction of sp³-hybridized carbons (Fsp3) is 0.565. The Kier molecular flexibility index (Phi) is 6.29. The first-order chi connectivity index (χ1) is 14.5. The molecule has 1 unspecified atom stereocenters. The highest BCUT2D eigenvalue weighted by molar-refractivity contribution is 7.14. The smallest absolute Gasteiger partial charge is 0.253 e. The molecule has 7 heteroatoms. The first-order valence-corrected chi connectivity index (χ1v) is 11.9. The van der Waals surface area contributed by atoms with Gasteiger partial charge in [0.2, 0.25) is 0 Å². The molecule has 6 nitrogen and oxygen atoms in total. The summed E-state index contributed by atoms with van der Waals surface area (Å²) in [5.74, 6) is 0.635. The highest BCUT2D eigenvalue weighted by Gasteiger charge is 2.34. The molecule has 2 aromatic heterocycles. The Morgan fingerprint density at radius 1 is 1.23 bits per heavy atom. The van der Waals surface area contributed by atoms with Gasteiger partial charge in [-0.15, -0.1) is 11.3 Å². The average Bonchev–Trinajstić information content (AvgIpc) is 3.34. The van der Waals surface area contributed by atoms with E-state index in [1.807, 2.05) is 25.3 Å². The second kappa shape index (κ2) is 8.94. The number of aryl methyl sites for hydroxylation is 2. The van der Waals surface area contributed by atoms with E-state index in [1.165, 1.54) is 30.7 Å². The van der Waals surface area contributed by atoms with Gasteiger partial charge in [-0.05, 0) is 82.7 Å². The molecule has 2 aliphatic rings. The number of hydrogen-bond donors (Lipinski definition) is 3. The van der Waals surface area contributed by atoms with Crippen LogP contribution in [0.2, 0.25) is 0 Å². The van der Waals surface area contributed by atoms with Crippen LogP contribution in [-0.4, -0.2) is 36.6 Å². The van der Waals surface area contributed by atoms with Gasteiger partial charge in [-0.3, -0.25) is 9.59 Å². The van der Waals surface area contributed by atoms with Crippen molar-refractivity contribution >= 4 is 22.2 Å². The van der Waals surface area contributed by atoms with Crippen molar-refractivity contribution in [1.82, 2.24) is 15.6 Å². The Balaban J connectivity index is 1.47. The molecule has 2 aliphatic heterocycles. The molecule has 1 amide bonds. The number of pyridine rings is 1. The van der Waals surface area contributed by atoms with E-state index in [1.54, 1.807) is 11.3 Å². The molecule has 3 N–H and O–H groups in total. The van der Waals surface area contributed by atoms with E-state index in [2.05, 4.69) is 27.4 Å². The van der Waals surface area contributed by atoms with Gasteiger partial charge in [0.05, 0.1) is 10.6 Å².